The molecule has 11 heteroatoms. The van der Waals surface area contributed by atoms with Crippen molar-refractivity contribution in [2.75, 3.05) is 52.4 Å². The lowest BCUT2D eigenvalue weighted by molar-refractivity contribution is -0.144. The van der Waals surface area contributed by atoms with Gasteiger partial charge in [-0.05, 0) is 62.2 Å². The minimum absolute atomic E-state index is 0.0478. The number of hydrogen-bond acceptors (Lipinski definition) is 9. The van der Waals surface area contributed by atoms with Gasteiger partial charge in [-0.3, -0.25) is 24.3 Å². The number of piperazine rings is 1. The number of carbonyl (C=O) groups is 3. The topological polar surface area (TPSA) is 101 Å². The van der Waals surface area contributed by atoms with Crippen LogP contribution in [0.1, 0.15) is 39.7 Å². The molecule has 2 aromatic heterocycles. The molecule has 46 heavy (non-hydrogen) atoms. The number of fused-ring (bicyclic) bond motifs is 1. The zero-order valence-electron chi connectivity index (χ0n) is 26.2. The molecule has 0 bridgehead atoms. The van der Waals surface area contributed by atoms with Crippen molar-refractivity contribution < 1.29 is 28.2 Å². The van der Waals surface area contributed by atoms with E-state index >= 15 is 0 Å². The molecule has 0 radical (unpaired) electrons. The number of rotatable bonds is 14. The van der Waals surface area contributed by atoms with Gasteiger partial charge in [0.05, 0.1) is 28.2 Å². The van der Waals surface area contributed by atoms with Gasteiger partial charge in [0, 0.05) is 57.8 Å². The van der Waals surface area contributed by atoms with Crippen LogP contribution in [0.3, 0.4) is 0 Å². The molecule has 1 amide bonds. The van der Waals surface area contributed by atoms with Crippen LogP contribution in [0.25, 0.3) is 10.2 Å². The summed E-state index contributed by atoms with van der Waals surface area (Å²) in [5, 5.41) is 3.02. The zero-order chi connectivity index (χ0) is 32.5. The standard InChI is InChI=1S/C35H39FN4O5S/c1-3-44-33(42)23-40-17-15-39(16-18-40)14-4-12-38-35(43)32-22-30-34(46-32)31(11-13-37-30)45-28-8-6-25(7-9-28)20-27(41)21-26-19-24(2)5-10-29(26)36/h5-11,13,19,22H,3-4,12,14-18,20-21,23H2,1-2H3,(H,38,43). The lowest BCUT2D eigenvalue weighted by Crippen LogP contribution is -2.48. The highest BCUT2D eigenvalue weighted by atomic mass is 32.1. The molecule has 2 aromatic carbocycles. The number of ketones is 1. The Balaban J connectivity index is 1.09. The summed E-state index contributed by atoms with van der Waals surface area (Å²) in [6.45, 7) is 9.27. The molecule has 242 valence electrons. The first-order valence-electron chi connectivity index (χ1n) is 15.6. The van der Waals surface area contributed by atoms with E-state index in [1.165, 1.54) is 17.4 Å². The Morgan fingerprint density at radius 1 is 0.978 bits per heavy atom. The van der Waals surface area contributed by atoms with Crippen molar-refractivity contribution in [2.45, 2.75) is 33.1 Å². The summed E-state index contributed by atoms with van der Waals surface area (Å²) in [5.41, 5.74) is 2.83. The van der Waals surface area contributed by atoms with Crippen LogP contribution in [0.5, 0.6) is 11.5 Å². The highest BCUT2D eigenvalue weighted by molar-refractivity contribution is 7.21. The number of halogens is 1. The molecule has 0 saturated carbocycles. The lowest BCUT2D eigenvalue weighted by atomic mass is 10.0. The molecule has 1 fully saturated rings. The van der Waals surface area contributed by atoms with E-state index in [0.717, 1.165) is 55.0 Å². The smallest absolute Gasteiger partial charge is 0.320 e. The fraction of sp³-hybridized carbons (Fsp3) is 0.371. The molecule has 0 unspecified atom stereocenters. The monoisotopic (exact) mass is 646 g/mol. The van der Waals surface area contributed by atoms with Crippen molar-refractivity contribution >= 4 is 39.2 Å². The predicted octanol–water partition coefficient (Wildman–Crippen LogP) is 5.19. The van der Waals surface area contributed by atoms with E-state index in [4.69, 9.17) is 9.47 Å². The molecule has 1 N–H and O–H groups in total. The molecule has 1 aliphatic rings. The minimum Gasteiger partial charge on any atom is -0.465 e. The molecule has 9 nitrogen and oxygen atoms in total. The number of carbonyl (C=O) groups excluding carboxylic acids is 3. The number of Topliss-reactive ketones (excluding diaryl/α,β-unsaturated/α-hetero) is 1. The first-order chi connectivity index (χ1) is 22.3. The second kappa shape index (κ2) is 15.9. The number of pyridine rings is 1. The molecule has 3 heterocycles. The van der Waals surface area contributed by atoms with Crippen LogP contribution < -0.4 is 10.1 Å². The Morgan fingerprint density at radius 3 is 2.50 bits per heavy atom. The maximum atomic E-state index is 14.1. The fourth-order valence-electron chi connectivity index (χ4n) is 5.40. The van der Waals surface area contributed by atoms with E-state index in [1.807, 2.05) is 26.0 Å². The van der Waals surface area contributed by atoms with E-state index in [0.29, 0.717) is 47.2 Å². The van der Waals surface area contributed by atoms with Crippen LogP contribution in [0.4, 0.5) is 4.39 Å². The molecular formula is C35H39FN4O5S. The molecule has 0 atom stereocenters. The molecule has 1 aliphatic heterocycles. The Hall–Kier alpha value is -4.19. The quantitative estimate of drug-likeness (QED) is 0.148. The van der Waals surface area contributed by atoms with Gasteiger partial charge in [-0.2, -0.15) is 0 Å². The summed E-state index contributed by atoms with van der Waals surface area (Å²) in [6, 6.07) is 15.6. The summed E-state index contributed by atoms with van der Waals surface area (Å²) in [7, 11) is 0. The van der Waals surface area contributed by atoms with Crippen molar-refractivity contribution in [1.29, 1.82) is 0 Å². The zero-order valence-corrected chi connectivity index (χ0v) is 27.0. The Morgan fingerprint density at radius 2 is 1.74 bits per heavy atom. The van der Waals surface area contributed by atoms with Crippen LogP contribution in [-0.2, 0) is 27.2 Å². The molecule has 1 saturated heterocycles. The third-order valence-electron chi connectivity index (χ3n) is 7.80. The minimum atomic E-state index is -0.365. The van der Waals surface area contributed by atoms with Crippen LogP contribution in [0, 0.1) is 12.7 Å². The fourth-order valence-corrected chi connectivity index (χ4v) is 6.38. The van der Waals surface area contributed by atoms with Crippen LogP contribution in [0.2, 0.25) is 0 Å². The molecular weight excluding hydrogens is 607 g/mol. The highest BCUT2D eigenvalue weighted by Crippen LogP contribution is 2.35. The van der Waals surface area contributed by atoms with Gasteiger partial charge >= 0.3 is 5.97 Å². The number of benzene rings is 2. The van der Waals surface area contributed by atoms with Crippen LogP contribution >= 0.6 is 11.3 Å². The maximum absolute atomic E-state index is 14.1. The van der Waals surface area contributed by atoms with Crippen molar-refractivity contribution in [3.63, 3.8) is 0 Å². The first-order valence-corrected chi connectivity index (χ1v) is 16.4. The van der Waals surface area contributed by atoms with Gasteiger partial charge in [-0.15, -0.1) is 11.3 Å². The average molecular weight is 647 g/mol. The number of aryl methyl sites for hydroxylation is 1. The Labute approximate surface area is 272 Å². The van der Waals surface area contributed by atoms with E-state index in [-0.39, 0.29) is 36.3 Å². The van der Waals surface area contributed by atoms with Gasteiger partial charge in [0.2, 0.25) is 0 Å². The molecule has 0 aliphatic carbocycles. The number of aromatic nitrogens is 1. The summed E-state index contributed by atoms with van der Waals surface area (Å²) < 4.78 is 26.0. The van der Waals surface area contributed by atoms with E-state index in [9.17, 15) is 18.8 Å². The lowest BCUT2D eigenvalue weighted by Gasteiger charge is -2.34. The normalized spacial score (nSPS) is 13.9. The number of amides is 1. The first kappa shape index (κ1) is 33.2. The number of thiophene rings is 1. The summed E-state index contributed by atoms with van der Waals surface area (Å²) >= 11 is 1.33. The SMILES string of the molecule is CCOC(=O)CN1CCN(CCCNC(=O)c2cc3nccc(Oc4ccc(CC(=O)Cc5cc(C)ccc5F)cc4)c3s2)CC1. The highest BCUT2D eigenvalue weighted by Gasteiger charge is 2.20. The summed E-state index contributed by atoms with van der Waals surface area (Å²) in [4.78, 5) is 46.6. The van der Waals surface area contributed by atoms with Gasteiger partial charge in [0.1, 0.15) is 23.1 Å². The van der Waals surface area contributed by atoms with Crippen molar-refractivity contribution in [3.05, 3.63) is 88.2 Å². The van der Waals surface area contributed by atoms with Gasteiger partial charge < -0.3 is 19.7 Å². The Kier molecular flexibility index (Phi) is 11.5. The molecule has 0 spiro atoms. The van der Waals surface area contributed by atoms with E-state index in [1.54, 1.807) is 42.6 Å². The molecule has 5 rings (SSSR count). The Bertz CT molecular complexity index is 1670. The third-order valence-corrected chi connectivity index (χ3v) is 8.94. The maximum Gasteiger partial charge on any atom is 0.320 e. The summed E-state index contributed by atoms with van der Waals surface area (Å²) in [5.74, 6) is 0.430. The van der Waals surface area contributed by atoms with Crippen molar-refractivity contribution in [3.8, 4) is 11.5 Å². The van der Waals surface area contributed by atoms with Gasteiger partial charge in [-0.25, -0.2) is 4.39 Å². The van der Waals surface area contributed by atoms with E-state index < -0.39 is 0 Å². The number of nitrogens with one attached hydrogen (secondary N) is 1. The van der Waals surface area contributed by atoms with Crippen LogP contribution in [-0.4, -0.2) is 84.9 Å². The third kappa shape index (κ3) is 9.18. The largest absolute Gasteiger partial charge is 0.465 e. The van der Waals surface area contributed by atoms with Crippen molar-refractivity contribution in [1.82, 2.24) is 20.1 Å². The van der Waals surface area contributed by atoms with Crippen LogP contribution in [0.15, 0.2) is 60.8 Å². The van der Waals surface area contributed by atoms with Gasteiger partial charge in [0.25, 0.3) is 5.91 Å². The van der Waals surface area contributed by atoms with Crippen molar-refractivity contribution in [2.24, 2.45) is 0 Å². The average Bonchev–Trinajstić information content (AvgIpc) is 3.49. The number of hydrogen-bond donors (Lipinski definition) is 1. The number of esters is 1. The molecule has 4 aromatic rings. The second-order valence-electron chi connectivity index (χ2n) is 11.4. The number of nitrogens with zero attached hydrogens (tertiary/aromatic N) is 3. The predicted molar refractivity (Wildman–Crippen MR) is 176 cm³/mol. The van der Waals surface area contributed by atoms with E-state index in [2.05, 4.69) is 20.1 Å². The summed E-state index contributed by atoms with van der Waals surface area (Å²) in [6.07, 6.45) is 2.72. The number of ether oxygens (including phenoxy) is 2. The van der Waals surface area contributed by atoms with Gasteiger partial charge in [0.15, 0.2) is 0 Å². The second-order valence-corrected chi connectivity index (χ2v) is 12.5. The van der Waals surface area contributed by atoms with Gasteiger partial charge in [-0.1, -0.05) is 29.8 Å².